The Hall–Kier alpha value is -1.97. The van der Waals surface area contributed by atoms with Crippen molar-refractivity contribution >= 4 is 5.95 Å². The van der Waals surface area contributed by atoms with Gasteiger partial charge in [0, 0.05) is 12.1 Å². The second-order valence-corrected chi connectivity index (χ2v) is 3.55. The van der Waals surface area contributed by atoms with Crippen LogP contribution in [0.25, 0.3) is 0 Å². The number of nitrogens with two attached hydrogens (primary N) is 1. The fraction of sp³-hybridized carbons (Fsp3) is 0.250. The molecule has 1 heterocycles. The molecule has 0 atom stereocenters. The molecule has 84 valence electrons. The fourth-order valence-electron chi connectivity index (χ4n) is 1.60. The first kappa shape index (κ1) is 10.5. The van der Waals surface area contributed by atoms with E-state index in [0.29, 0.717) is 12.6 Å². The first-order chi connectivity index (χ1) is 7.78. The second kappa shape index (κ2) is 4.70. The van der Waals surface area contributed by atoms with Crippen molar-refractivity contribution < 1.29 is 4.74 Å². The Morgan fingerprint density at radius 2 is 2.31 bits per heavy atom. The van der Waals surface area contributed by atoms with Crippen LogP contribution in [-0.2, 0) is 6.42 Å². The summed E-state index contributed by atoms with van der Waals surface area (Å²) < 4.78 is 5.44. The number of hydrogen-bond acceptors (Lipinski definition) is 3. The highest BCUT2D eigenvalue weighted by Crippen LogP contribution is 2.16. The number of H-pyrrole nitrogens is 1. The van der Waals surface area contributed by atoms with E-state index in [-0.39, 0.29) is 0 Å². The summed E-state index contributed by atoms with van der Waals surface area (Å²) >= 11 is 0. The zero-order valence-corrected chi connectivity index (χ0v) is 9.23. The van der Waals surface area contributed by atoms with E-state index in [4.69, 9.17) is 10.5 Å². The SMILES string of the molecule is CCOc1cccc(Cc2cnc(N)[nH]2)c1. The van der Waals surface area contributed by atoms with Crippen molar-refractivity contribution in [1.29, 1.82) is 0 Å². The van der Waals surface area contributed by atoms with Gasteiger partial charge >= 0.3 is 0 Å². The molecule has 0 unspecified atom stereocenters. The molecule has 1 aromatic heterocycles. The van der Waals surface area contributed by atoms with Crippen LogP contribution in [0.15, 0.2) is 30.5 Å². The van der Waals surface area contributed by atoms with E-state index in [1.54, 1.807) is 6.20 Å². The molecule has 0 spiro atoms. The first-order valence-electron chi connectivity index (χ1n) is 5.29. The molecule has 0 radical (unpaired) electrons. The van der Waals surface area contributed by atoms with Crippen molar-refractivity contribution in [1.82, 2.24) is 9.97 Å². The first-order valence-corrected chi connectivity index (χ1v) is 5.29. The maximum atomic E-state index is 5.52. The van der Waals surface area contributed by atoms with E-state index in [0.717, 1.165) is 17.9 Å². The van der Waals surface area contributed by atoms with E-state index in [1.807, 2.05) is 25.1 Å². The Labute approximate surface area is 94.5 Å². The molecular formula is C12H15N3O. The summed E-state index contributed by atoms with van der Waals surface area (Å²) in [7, 11) is 0. The van der Waals surface area contributed by atoms with Gasteiger partial charge in [-0.1, -0.05) is 12.1 Å². The van der Waals surface area contributed by atoms with E-state index < -0.39 is 0 Å². The summed E-state index contributed by atoms with van der Waals surface area (Å²) in [5, 5.41) is 0. The Bertz CT molecular complexity index is 465. The topological polar surface area (TPSA) is 63.9 Å². The van der Waals surface area contributed by atoms with Crippen molar-refractivity contribution in [2.75, 3.05) is 12.3 Å². The highest BCUT2D eigenvalue weighted by Gasteiger charge is 2.01. The number of aromatic nitrogens is 2. The van der Waals surface area contributed by atoms with Crippen LogP contribution in [0.4, 0.5) is 5.95 Å². The molecule has 4 nitrogen and oxygen atoms in total. The average molecular weight is 217 g/mol. The summed E-state index contributed by atoms with van der Waals surface area (Å²) in [6, 6.07) is 8.02. The maximum absolute atomic E-state index is 5.52. The summed E-state index contributed by atoms with van der Waals surface area (Å²) in [4.78, 5) is 6.96. The molecule has 0 amide bonds. The Balaban J connectivity index is 2.12. The number of aromatic amines is 1. The number of nitrogens with zero attached hydrogens (tertiary/aromatic N) is 1. The third kappa shape index (κ3) is 2.53. The molecule has 4 heteroatoms. The molecule has 16 heavy (non-hydrogen) atoms. The number of anilines is 1. The molecular weight excluding hydrogens is 202 g/mol. The lowest BCUT2D eigenvalue weighted by atomic mass is 10.1. The minimum atomic E-state index is 0.455. The smallest absolute Gasteiger partial charge is 0.197 e. The van der Waals surface area contributed by atoms with E-state index in [1.165, 1.54) is 5.56 Å². The molecule has 3 N–H and O–H groups in total. The van der Waals surface area contributed by atoms with Crippen LogP contribution in [0.1, 0.15) is 18.2 Å². The number of benzene rings is 1. The normalized spacial score (nSPS) is 10.3. The fourth-order valence-corrected chi connectivity index (χ4v) is 1.60. The Morgan fingerprint density at radius 1 is 1.44 bits per heavy atom. The van der Waals surface area contributed by atoms with Gasteiger partial charge in [0.1, 0.15) is 5.75 Å². The average Bonchev–Trinajstić information content (AvgIpc) is 2.65. The quantitative estimate of drug-likeness (QED) is 0.823. The van der Waals surface area contributed by atoms with Crippen molar-refractivity contribution in [2.45, 2.75) is 13.3 Å². The van der Waals surface area contributed by atoms with Crippen LogP contribution < -0.4 is 10.5 Å². The minimum Gasteiger partial charge on any atom is -0.494 e. The molecule has 1 aromatic carbocycles. The zero-order valence-electron chi connectivity index (χ0n) is 9.23. The Morgan fingerprint density at radius 3 is 3.00 bits per heavy atom. The van der Waals surface area contributed by atoms with Gasteiger partial charge in [-0.05, 0) is 24.6 Å². The van der Waals surface area contributed by atoms with Crippen LogP contribution >= 0.6 is 0 Å². The molecule has 0 aliphatic heterocycles. The van der Waals surface area contributed by atoms with Crippen LogP contribution in [0, 0.1) is 0 Å². The van der Waals surface area contributed by atoms with Gasteiger partial charge in [-0.2, -0.15) is 0 Å². The Kier molecular flexibility index (Phi) is 3.10. The third-order valence-electron chi connectivity index (χ3n) is 2.25. The van der Waals surface area contributed by atoms with E-state index in [9.17, 15) is 0 Å². The van der Waals surface area contributed by atoms with E-state index in [2.05, 4.69) is 16.0 Å². The summed E-state index contributed by atoms with van der Waals surface area (Å²) in [5.41, 5.74) is 7.70. The van der Waals surface area contributed by atoms with Crippen molar-refractivity contribution in [2.24, 2.45) is 0 Å². The summed E-state index contributed by atoms with van der Waals surface area (Å²) in [6.45, 7) is 2.66. The molecule has 0 saturated heterocycles. The van der Waals surface area contributed by atoms with Gasteiger partial charge in [0.2, 0.25) is 0 Å². The minimum absolute atomic E-state index is 0.455. The lowest BCUT2D eigenvalue weighted by Crippen LogP contribution is -1.94. The third-order valence-corrected chi connectivity index (χ3v) is 2.25. The van der Waals surface area contributed by atoms with Gasteiger partial charge in [0.15, 0.2) is 5.95 Å². The molecule has 0 saturated carbocycles. The van der Waals surface area contributed by atoms with Crippen LogP contribution in [0.5, 0.6) is 5.75 Å². The summed E-state index contributed by atoms with van der Waals surface area (Å²) in [6.07, 6.45) is 2.54. The summed E-state index contributed by atoms with van der Waals surface area (Å²) in [5.74, 6) is 1.35. The molecule has 0 aliphatic rings. The molecule has 2 rings (SSSR count). The van der Waals surface area contributed by atoms with Crippen LogP contribution in [0.3, 0.4) is 0 Å². The van der Waals surface area contributed by atoms with Crippen molar-refractivity contribution in [3.63, 3.8) is 0 Å². The van der Waals surface area contributed by atoms with E-state index >= 15 is 0 Å². The van der Waals surface area contributed by atoms with Gasteiger partial charge in [-0.25, -0.2) is 4.98 Å². The number of imidazole rings is 1. The van der Waals surface area contributed by atoms with Gasteiger partial charge in [0.05, 0.1) is 12.8 Å². The highest BCUT2D eigenvalue weighted by atomic mass is 16.5. The predicted molar refractivity (Wildman–Crippen MR) is 63.4 cm³/mol. The van der Waals surface area contributed by atoms with Crippen molar-refractivity contribution in [3.05, 3.63) is 41.7 Å². The number of nitrogen functional groups attached to an aromatic ring is 1. The van der Waals surface area contributed by atoms with Gasteiger partial charge in [-0.3, -0.25) is 0 Å². The number of nitrogens with one attached hydrogen (secondary N) is 1. The monoisotopic (exact) mass is 217 g/mol. The standard InChI is InChI=1S/C12H15N3O/c1-2-16-11-5-3-4-9(7-11)6-10-8-14-12(13)15-10/h3-5,7-8H,2,6H2,1H3,(H3,13,14,15). The van der Waals surface area contributed by atoms with Crippen molar-refractivity contribution in [3.8, 4) is 5.75 Å². The van der Waals surface area contributed by atoms with Crippen LogP contribution in [-0.4, -0.2) is 16.6 Å². The van der Waals surface area contributed by atoms with Gasteiger partial charge in [0.25, 0.3) is 0 Å². The number of hydrogen-bond donors (Lipinski definition) is 2. The van der Waals surface area contributed by atoms with Gasteiger partial charge in [-0.15, -0.1) is 0 Å². The zero-order chi connectivity index (χ0) is 11.4. The van der Waals surface area contributed by atoms with Crippen LogP contribution in [0.2, 0.25) is 0 Å². The van der Waals surface area contributed by atoms with Gasteiger partial charge < -0.3 is 15.5 Å². The highest BCUT2D eigenvalue weighted by molar-refractivity contribution is 5.32. The molecule has 0 aliphatic carbocycles. The predicted octanol–water partition coefficient (Wildman–Crippen LogP) is 1.98. The lowest BCUT2D eigenvalue weighted by molar-refractivity contribution is 0.340. The number of ether oxygens (including phenoxy) is 1. The maximum Gasteiger partial charge on any atom is 0.197 e. The largest absolute Gasteiger partial charge is 0.494 e. The molecule has 0 bridgehead atoms. The molecule has 0 fully saturated rings. The lowest BCUT2D eigenvalue weighted by Gasteiger charge is -2.04. The number of rotatable bonds is 4. The molecule has 2 aromatic rings. The second-order valence-electron chi connectivity index (χ2n) is 3.55.